The number of furan rings is 1. The van der Waals surface area contributed by atoms with Crippen LogP contribution in [0.15, 0.2) is 53.5 Å². The van der Waals surface area contributed by atoms with E-state index in [4.69, 9.17) is 4.42 Å². The number of rotatable bonds is 5. The Hall–Kier alpha value is -2.62. The highest BCUT2D eigenvalue weighted by molar-refractivity contribution is 5.95. The van der Waals surface area contributed by atoms with Crippen molar-refractivity contribution in [2.75, 3.05) is 6.54 Å². The minimum absolute atomic E-state index is 0.0117. The Balaban J connectivity index is 2.24. The molecule has 0 radical (unpaired) electrons. The van der Waals surface area contributed by atoms with E-state index in [-0.39, 0.29) is 17.5 Å². The maximum Gasteiger partial charge on any atom is 0.287 e. The highest BCUT2D eigenvalue weighted by atomic mass is 16.3. The van der Waals surface area contributed by atoms with E-state index in [0.717, 1.165) is 5.56 Å². The fraction of sp³-hybridized carbons (Fsp3) is 0.125. The number of benzene rings is 1. The SMILES string of the molecule is C=CCNC(=O)c1ccc(-c2cccc(C(C)=O)c2)o1. The van der Waals surface area contributed by atoms with E-state index in [1.165, 1.54) is 6.92 Å². The number of nitrogens with one attached hydrogen (secondary N) is 1. The summed E-state index contributed by atoms with van der Waals surface area (Å²) in [6, 6.07) is 10.4. The number of carbonyl (C=O) groups excluding carboxylic acids is 2. The van der Waals surface area contributed by atoms with Crippen molar-refractivity contribution in [1.82, 2.24) is 5.32 Å². The van der Waals surface area contributed by atoms with Gasteiger partial charge in [0.15, 0.2) is 11.5 Å². The monoisotopic (exact) mass is 269 g/mol. The molecule has 0 aliphatic heterocycles. The summed E-state index contributed by atoms with van der Waals surface area (Å²) >= 11 is 0. The van der Waals surface area contributed by atoms with E-state index in [1.54, 1.807) is 36.4 Å². The van der Waals surface area contributed by atoms with Crippen molar-refractivity contribution in [2.45, 2.75) is 6.92 Å². The molecule has 2 aromatic rings. The van der Waals surface area contributed by atoms with Gasteiger partial charge in [-0.2, -0.15) is 0 Å². The van der Waals surface area contributed by atoms with Crippen LogP contribution in [-0.4, -0.2) is 18.2 Å². The standard InChI is InChI=1S/C16H15NO3/c1-3-9-17-16(19)15-8-7-14(20-15)13-6-4-5-12(10-13)11(2)18/h3-8,10H,1,9H2,2H3,(H,17,19). The lowest BCUT2D eigenvalue weighted by molar-refractivity contribution is 0.0930. The van der Waals surface area contributed by atoms with Gasteiger partial charge in [-0.15, -0.1) is 6.58 Å². The van der Waals surface area contributed by atoms with E-state index in [1.807, 2.05) is 6.07 Å². The van der Waals surface area contributed by atoms with Gasteiger partial charge in [-0.3, -0.25) is 9.59 Å². The van der Waals surface area contributed by atoms with Gasteiger partial charge in [0.2, 0.25) is 0 Å². The third-order valence-electron chi connectivity index (χ3n) is 2.79. The normalized spacial score (nSPS) is 10.1. The summed E-state index contributed by atoms with van der Waals surface area (Å²) in [6.07, 6.45) is 1.60. The first-order valence-electron chi connectivity index (χ1n) is 6.22. The van der Waals surface area contributed by atoms with Crippen LogP contribution in [-0.2, 0) is 0 Å². The Labute approximate surface area is 117 Å². The second-order valence-corrected chi connectivity index (χ2v) is 4.30. The highest BCUT2D eigenvalue weighted by Gasteiger charge is 2.12. The first kappa shape index (κ1) is 13.8. The minimum atomic E-state index is -0.293. The molecule has 1 amide bonds. The maximum absolute atomic E-state index is 11.7. The van der Waals surface area contributed by atoms with E-state index >= 15 is 0 Å². The molecule has 1 aromatic heterocycles. The Kier molecular flexibility index (Phi) is 4.15. The molecule has 0 aliphatic rings. The number of Topliss-reactive ketones (excluding diaryl/α,β-unsaturated/α-hetero) is 1. The average molecular weight is 269 g/mol. The zero-order valence-corrected chi connectivity index (χ0v) is 11.2. The lowest BCUT2D eigenvalue weighted by Gasteiger charge is -2.01. The van der Waals surface area contributed by atoms with Gasteiger partial charge in [0.25, 0.3) is 5.91 Å². The van der Waals surface area contributed by atoms with Crippen molar-refractivity contribution in [2.24, 2.45) is 0 Å². The number of hydrogen-bond donors (Lipinski definition) is 1. The maximum atomic E-state index is 11.7. The van der Waals surface area contributed by atoms with Crippen LogP contribution >= 0.6 is 0 Å². The van der Waals surface area contributed by atoms with Gasteiger partial charge in [0.1, 0.15) is 5.76 Å². The molecular formula is C16H15NO3. The lowest BCUT2D eigenvalue weighted by Crippen LogP contribution is -2.22. The topological polar surface area (TPSA) is 59.3 Å². The third kappa shape index (κ3) is 3.03. The minimum Gasteiger partial charge on any atom is -0.451 e. The van der Waals surface area contributed by atoms with Gasteiger partial charge >= 0.3 is 0 Å². The van der Waals surface area contributed by atoms with Gasteiger partial charge in [-0.05, 0) is 25.1 Å². The molecule has 0 aliphatic carbocycles. The first-order chi connectivity index (χ1) is 9.61. The smallest absolute Gasteiger partial charge is 0.287 e. The van der Waals surface area contributed by atoms with Crippen LogP contribution in [0.5, 0.6) is 0 Å². The van der Waals surface area contributed by atoms with Crippen LogP contribution in [0.25, 0.3) is 11.3 Å². The van der Waals surface area contributed by atoms with Crippen LogP contribution in [0.2, 0.25) is 0 Å². The zero-order chi connectivity index (χ0) is 14.5. The van der Waals surface area contributed by atoms with E-state index in [0.29, 0.717) is 17.9 Å². The van der Waals surface area contributed by atoms with Crippen molar-refractivity contribution in [1.29, 1.82) is 0 Å². The molecule has 0 saturated heterocycles. The Morgan fingerprint density at radius 3 is 2.80 bits per heavy atom. The molecule has 0 bridgehead atoms. The summed E-state index contributed by atoms with van der Waals surface area (Å²) in [5.41, 5.74) is 1.37. The fourth-order valence-corrected chi connectivity index (χ4v) is 1.76. The summed E-state index contributed by atoms with van der Waals surface area (Å²) in [4.78, 5) is 23.1. The number of amides is 1. The van der Waals surface area contributed by atoms with Crippen LogP contribution in [0.4, 0.5) is 0 Å². The fourth-order valence-electron chi connectivity index (χ4n) is 1.76. The molecular weight excluding hydrogens is 254 g/mol. The number of carbonyl (C=O) groups is 2. The number of ketones is 1. The molecule has 2 rings (SSSR count). The van der Waals surface area contributed by atoms with Gasteiger partial charge < -0.3 is 9.73 Å². The summed E-state index contributed by atoms with van der Waals surface area (Å²) in [5.74, 6) is 0.480. The molecule has 1 aromatic carbocycles. The van der Waals surface area contributed by atoms with Crippen molar-refractivity contribution < 1.29 is 14.0 Å². The van der Waals surface area contributed by atoms with Crippen LogP contribution in [0, 0.1) is 0 Å². The van der Waals surface area contributed by atoms with Crippen LogP contribution in [0.3, 0.4) is 0 Å². The molecule has 0 fully saturated rings. The molecule has 0 atom stereocenters. The largest absolute Gasteiger partial charge is 0.451 e. The predicted molar refractivity (Wildman–Crippen MR) is 76.7 cm³/mol. The predicted octanol–water partition coefficient (Wildman–Crippen LogP) is 3.07. The molecule has 4 nitrogen and oxygen atoms in total. The van der Waals surface area contributed by atoms with Crippen LogP contribution in [0.1, 0.15) is 27.8 Å². The third-order valence-corrected chi connectivity index (χ3v) is 2.79. The van der Waals surface area contributed by atoms with Gasteiger partial charge in [0, 0.05) is 17.7 Å². The Morgan fingerprint density at radius 2 is 2.10 bits per heavy atom. The van der Waals surface area contributed by atoms with Gasteiger partial charge in [0.05, 0.1) is 0 Å². The van der Waals surface area contributed by atoms with Crippen molar-refractivity contribution in [3.05, 3.63) is 60.4 Å². The number of hydrogen-bond acceptors (Lipinski definition) is 3. The molecule has 0 spiro atoms. The molecule has 20 heavy (non-hydrogen) atoms. The molecule has 0 unspecified atom stereocenters. The summed E-state index contributed by atoms with van der Waals surface area (Å²) in [7, 11) is 0. The van der Waals surface area contributed by atoms with Crippen molar-refractivity contribution in [3.8, 4) is 11.3 Å². The average Bonchev–Trinajstić information content (AvgIpc) is 2.94. The van der Waals surface area contributed by atoms with Crippen molar-refractivity contribution in [3.63, 3.8) is 0 Å². The molecule has 1 N–H and O–H groups in total. The van der Waals surface area contributed by atoms with Gasteiger partial charge in [-0.1, -0.05) is 24.3 Å². The van der Waals surface area contributed by atoms with Crippen LogP contribution < -0.4 is 5.32 Å². The van der Waals surface area contributed by atoms with Crippen molar-refractivity contribution >= 4 is 11.7 Å². The summed E-state index contributed by atoms with van der Waals surface area (Å²) < 4.78 is 5.51. The molecule has 102 valence electrons. The molecule has 0 saturated carbocycles. The second kappa shape index (κ2) is 6.02. The second-order valence-electron chi connectivity index (χ2n) is 4.30. The van der Waals surface area contributed by atoms with E-state index in [2.05, 4.69) is 11.9 Å². The zero-order valence-electron chi connectivity index (χ0n) is 11.2. The quantitative estimate of drug-likeness (QED) is 0.670. The first-order valence-corrected chi connectivity index (χ1v) is 6.22. The summed E-state index contributed by atoms with van der Waals surface area (Å²) in [5, 5.41) is 2.64. The Bertz CT molecular complexity index is 655. The lowest BCUT2D eigenvalue weighted by atomic mass is 10.1. The molecule has 4 heteroatoms. The van der Waals surface area contributed by atoms with Gasteiger partial charge in [-0.25, -0.2) is 0 Å². The van der Waals surface area contributed by atoms with E-state index < -0.39 is 0 Å². The highest BCUT2D eigenvalue weighted by Crippen LogP contribution is 2.23. The summed E-state index contributed by atoms with van der Waals surface area (Å²) in [6.45, 7) is 5.42. The van der Waals surface area contributed by atoms with E-state index in [9.17, 15) is 9.59 Å². The molecule has 1 heterocycles. The Morgan fingerprint density at radius 1 is 1.30 bits per heavy atom.